The average molecular weight is 645 g/mol. The molecule has 5 rings (SSSR count). The Labute approximate surface area is 278 Å². The summed E-state index contributed by atoms with van der Waals surface area (Å²) in [6.07, 6.45) is 6.07. The van der Waals surface area contributed by atoms with E-state index in [-0.39, 0.29) is 29.6 Å². The molecule has 3 fully saturated rings. The minimum atomic E-state index is -0.708. The topological polar surface area (TPSA) is 84.4 Å². The van der Waals surface area contributed by atoms with Gasteiger partial charge in [0.1, 0.15) is 6.04 Å². The second-order valence-corrected chi connectivity index (χ2v) is 14.0. The Morgan fingerprint density at radius 1 is 0.978 bits per heavy atom. The summed E-state index contributed by atoms with van der Waals surface area (Å²) in [5, 5.41) is 9.51. The van der Waals surface area contributed by atoms with E-state index in [0.29, 0.717) is 45.4 Å². The van der Waals surface area contributed by atoms with Crippen molar-refractivity contribution in [2.45, 2.75) is 62.1 Å². The molecule has 246 valence electrons. The summed E-state index contributed by atoms with van der Waals surface area (Å²) in [6.45, 7) is 15.4. The third-order valence-electron chi connectivity index (χ3n) is 9.87. The number of carbonyl (C=O) groups is 3. The van der Waals surface area contributed by atoms with Crippen molar-refractivity contribution >= 4 is 40.9 Å². The van der Waals surface area contributed by atoms with Crippen LogP contribution in [0.1, 0.15) is 45.1 Å². The fraction of sp³-hybridized carbons (Fsp3) is 0.486. The Kier molecular flexibility index (Phi) is 10.9. The van der Waals surface area contributed by atoms with E-state index in [2.05, 4.69) is 31.9 Å². The number of hydrogen-bond donors (Lipinski definition) is 1. The minimum absolute atomic E-state index is 0.0185. The smallest absolute Gasteiger partial charge is 0.251 e. The summed E-state index contributed by atoms with van der Waals surface area (Å²) < 4.78 is -0.689. The molecule has 2 bridgehead atoms. The van der Waals surface area contributed by atoms with Crippen LogP contribution in [-0.4, -0.2) is 88.0 Å². The van der Waals surface area contributed by atoms with Crippen LogP contribution in [0.3, 0.4) is 0 Å². The van der Waals surface area contributed by atoms with Gasteiger partial charge in [0.05, 0.1) is 16.6 Å². The highest BCUT2D eigenvalue weighted by Gasteiger charge is 2.74. The normalized spacial score (nSPS) is 24.5. The number of fused-ring (bicyclic) bond motifs is 1. The number of aliphatic hydroxyl groups excluding tert-OH is 1. The molecule has 3 amide bonds. The van der Waals surface area contributed by atoms with Crippen molar-refractivity contribution in [1.29, 1.82) is 0 Å². The first-order valence-electron chi connectivity index (χ1n) is 16.6. The van der Waals surface area contributed by atoms with Gasteiger partial charge in [-0.1, -0.05) is 42.5 Å². The lowest BCUT2D eigenvalue weighted by atomic mass is 9.70. The molecule has 3 heterocycles. The highest BCUT2D eigenvalue weighted by atomic mass is 32.2. The van der Waals surface area contributed by atoms with Crippen molar-refractivity contribution in [3.8, 4) is 0 Å². The zero-order valence-electron chi connectivity index (χ0n) is 27.2. The van der Waals surface area contributed by atoms with Gasteiger partial charge < -0.3 is 24.7 Å². The molecule has 1 spiro atoms. The van der Waals surface area contributed by atoms with Gasteiger partial charge in [-0.05, 0) is 69.4 Å². The van der Waals surface area contributed by atoms with E-state index in [9.17, 15) is 19.5 Å². The van der Waals surface area contributed by atoms with Crippen molar-refractivity contribution < 1.29 is 19.5 Å². The van der Waals surface area contributed by atoms with Gasteiger partial charge in [0.25, 0.3) is 5.91 Å². The van der Waals surface area contributed by atoms with E-state index in [4.69, 9.17) is 0 Å². The summed E-state index contributed by atoms with van der Waals surface area (Å²) in [4.78, 5) is 51.3. The lowest BCUT2D eigenvalue weighted by molar-refractivity contribution is -0.144. The second-order valence-electron chi connectivity index (χ2n) is 12.4. The fourth-order valence-electron chi connectivity index (χ4n) is 7.78. The van der Waals surface area contributed by atoms with E-state index in [1.807, 2.05) is 59.5 Å². The molecule has 3 aliphatic rings. The molecule has 2 aromatic carbocycles. The lowest BCUT2D eigenvalue weighted by Crippen LogP contribution is -2.55. The van der Waals surface area contributed by atoms with E-state index < -0.39 is 22.6 Å². The first-order chi connectivity index (χ1) is 22.3. The Bertz CT molecular complexity index is 1400. The first kappa shape index (κ1) is 33.8. The maximum Gasteiger partial charge on any atom is 0.251 e. The standard InChI is InChI=1S/C37H48N4O4S/c1-5-22-39(26-27-14-10-9-11-15-27)34(43)31-30-20-21-37(46-30)32(31)35(44)41(24-12-13-25-42)33(37)36(45)40(23-6-2)29-18-16-28(17-19-29)38(7-3)8-4/h5-6,9-11,14-19,30-33,42H,1-2,7-8,12-13,20-26H2,3-4H3/t30-,31+,32-,33?,37?/m0/s1. The van der Waals surface area contributed by atoms with E-state index in [1.165, 1.54) is 0 Å². The number of unbranched alkanes of at least 4 members (excludes halogenated alkanes) is 1. The molecule has 0 aromatic heterocycles. The third-order valence-corrected chi connectivity index (χ3v) is 11.8. The van der Waals surface area contributed by atoms with Crippen LogP contribution >= 0.6 is 11.8 Å². The Morgan fingerprint density at radius 2 is 1.65 bits per heavy atom. The van der Waals surface area contributed by atoms with E-state index in [0.717, 1.165) is 36.4 Å². The van der Waals surface area contributed by atoms with Crippen molar-refractivity contribution in [2.24, 2.45) is 11.8 Å². The molecule has 8 nitrogen and oxygen atoms in total. The SMILES string of the molecule is C=CCN(Cc1ccccc1)C(=O)[C@@H]1[C@@H]2CCC3(S2)C(C(=O)N(CC=C)c2ccc(N(CC)CC)cc2)N(CCCCO)C(=O)[C@H]13. The molecule has 3 saturated heterocycles. The molecule has 2 aromatic rings. The number of carbonyl (C=O) groups excluding carboxylic acids is 3. The zero-order chi connectivity index (χ0) is 32.8. The molecular formula is C37H48N4O4S. The van der Waals surface area contributed by atoms with Crippen LogP contribution in [0.4, 0.5) is 11.4 Å². The predicted molar refractivity (Wildman–Crippen MR) is 187 cm³/mol. The molecule has 0 aliphatic carbocycles. The number of likely N-dealkylation sites (tertiary alicyclic amines) is 1. The maximum atomic E-state index is 14.8. The Balaban J connectivity index is 1.49. The van der Waals surface area contributed by atoms with Gasteiger partial charge in [0, 0.05) is 62.5 Å². The molecule has 9 heteroatoms. The van der Waals surface area contributed by atoms with E-state index >= 15 is 0 Å². The second kappa shape index (κ2) is 14.9. The van der Waals surface area contributed by atoms with Crippen molar-refractivity contribution in [3.63, 3.8) is 0 Å². The number of nitrogens with zero attached hydrogens (tertiary/aromatic N) is 4. The highest BCUT2D eigenvalue weighted by molar-refractivity contribution is 8.02. The van der Waals surface area contributed by atoms with Crippen LogP contribution in [0.5, 0.6) is 0 Å². The fourth-order valence-corrected chi connectivity index (χ4v) is 9.99. The molecule has 2 unspecified atom stereocenters. The number of amides is 3. The zero-order valence-corrected chi connectivity index (χ0v) is 28.0. The van der Waals surface area contributed by atoms with Crippen LogP contribution in [0.15, 0.2) is 79.9 Å². The van der Waals surface area contributed by atoms with Crippen molar-refractivity contribution in [2.75, 3.05) is 49.1 Å². The number of aliphatic hydroxyl groups is 1. The van der Waals surface area contributed by atoms with Crippen molar-refractivity contribution in [1.82, 2.24) is 9.80 Å². The number of anilines is 2. The lowest BCUT2D eigenvalue weighted by Gasteiger charge is -2.37. The van der Waals surface area contributed by atoms with E-state index in [1.54, 1.807) is 33.7 Å². The monoisotopic (exact) mass is 644 g/mol. The summed E-state index contributed by atoms with van der Waals surface area (Å²) in [6, 6.07) is 17.2. The van der Waals surface area contributed by atoms with Crippen LogP contribution in [0.25, 0.3) is 0 Å². The summed E-state index contributed by atoms with van der Waals surface area (Å²) >= 11 is 1.69. The molecule has 5 atom stereocenters. The number of hydrogen-bond acceptors (Lipinski definition) is 6. The maximum absolute atomic E-state index is 14.8. The Hall–Kier alpha value is -3.56. The molecule has 46 heavy (non-hydrogen) atoms. The van der Waals surface area contributed by atoms with Gasteiger partial charge in [-0.3, -0.25) is 14.4 Å². The van der Waals surface area contributed by atoms with Gasteiger partial charge in [-0.25, -0.2) is 0 Å². The third kappa shape index (κ3) is 6.24. The van der Waals surface area contributed by atoms with Crippen molar-refractivity contribution in [3.05, 3.63) is 85.5 Å². The first-order valence-corrected chi connectivity index (χ1v) is 17.5. The summed E-state index contributed by atoms with van der Waals surface area (Å²) in [5.74, 6) is -1.37. The number of benzene rings is 2. The summed E-state index contributed by atoms with van der Waals surface area (Å²) in [7, 11) is 0. The van der Waals surface area contributed by atoms with Crippen LogP contribution in [-0.2, 0) is 20.9 Å². The average Bonchev–Trinajstić information content (AvgIpc) is 3.72. The molecule has 3 aliphatic heterocycles. The van der Waals surface area contributed by atoms with Gasteiger partial charge in [0.15, 0.2) is 0 Å². The summed E-state index contributed by atoms with van der Waals surface area (Å²) in [5.41, 5.74) is 2.87. The number of thioether (sulfide) groups is 1. The molecular weight excluding hydrogens is 596 g/mol. The largest absolute Gasteiger partial charge is 0.396 e. The Morgan fingerprint density at radius 3 is 2.28 bits per heavy atom. The quantitative estimate of drug-likeness (QED) is 0.202. The molecule has 0 saturated carbocycles. The van der Waals surface area contributed by atoms with Gasteiger partial charge >= 0.3 is 0 Å². The molecule has 0 radical (unpaired) electrons. The van der Waals surface area contributed by atoms with Crippen LogP contribution in [0, 0.1) is 11.8 Å². The number of rotatable bonds is 16. The minimum Gasteiger partial charge on any atom is -0.396 e. The van der Waals surface area contributed by atoms with Crippen LogP contribution in [0.2, 0.25) is 0 Å². The predicted octanol–water partition coefficient (Wildman–Crippen LogP) is 5.13. The highest BCUT2D eigenvalue weighted by Crippen LogP contribution is 2.66. The molecule has 1 N–H and O–H groups in total. The van der Waals surface area contributed by atoms with Gasteiger partial charge in [-0.15, -0.1) is 24.9 Å². The van der Waals surface area contributed by atoms with Gasteiger partial charge in [0.2, 0.25) is 11.8 Å². The van der Waals surface area contributed by atoms with Crippen LogP contribution < -0.4 is 9.80 Å². The van der Waals surface area contributed by atoms with Gasteiger partial charge in [-0.2, -0.15) is 0 Å².